The second-order valence-corrected chi connectivity index (χ2v) is 7.18. The lowest BCUT2D eigenvalue weighted by molar-refractivity contribution is 0.227. The first-order chi connectivity index (χ1) is 13.1. The Labute approximate surface area is 166 Å². The predicted molar refractivity (Wildman–Crippen MR) is 116 cm³/mol. The van der Waals surface area contributed by atoms with E-state index in [2.05, 4.69) is 37.1 Å². The summed E-state index contributed by atoms with van der Waals surface area (Å²) >= 11 is 6.16. The van der Waals surface area contributed by atoms with E-state index in [0.29, 0.717) is 0 Å². The summed E-state index contributed by atoms with van der Waals surface area (Å²) in [5, 5.41) is 6.52. The van der Waals surface area contributed by atoms with Crippen LogP contribution in [0.15, 0.2) is 36.4 Å². The number of fused-ring (bicyclic) bond motifs is 2. The lowest BCUT2D eigenvalue weighted by Crippen LogP contribution is -2.40. The molecular formula is C22H28ClN3O. The number of nitrogens with zero attached hydrogens (tertiary/aromatic N) is 2. The minimum atomic E-state index is 0.267. The van der Waals surface area contributed by atoms with Gasteiger partial charge in [-0.3, -0.25) is 4.90 Å². The summed E-state index contributed by atoms with van der Waals surface area (Å²) in [5.41, 5.74) is 2.90. The number of anilines is 1. The van der Waals surface area contributed by atoms with Crippen LogP contribution in [0.2, 0.25) is 5.02 Å². The van der Waals surface area contributed by atoms with Crippen molar-refractivity contribution in [2.24, 2.45) is 0 Å². The van der Waals surface area contributed by atoms with Gasteiger partial charge in [-0.15, -0.1) is 0 Å². The van der Waals surface area contributed by atoms with E-state index in [9.17, 15) is 0 Å². The molecule has 0 fully saturated rings. The zero-order valence-corrected chi connectivity index (χ0v) is 17.3. The van der Waals surface area contributed by atoms with Crippen molar-refractivity contribution in [3.8, 4) is 5.75 Å². The third kappa shape index (κ3) is 4.28. The topological polar surface area (TPSA) is 37.4 Å². The molecule has 3 aromatic rings. The summed E-state index contributed by atoms with van der Waals surface area (Å²) in [7, 11) is 1.70. The van der Waals surface area contributed by atoms with Crippen molar-refractivity contribution >= 4 is 39.1 Å². The molecule has 1 aromatic heterocycles. The van der Waals surface area contributed by atoms with Crippen molar-refractivity contribution in [1.29, 1.82) is 0 Å². The molecule has 0 bridgehead atoms. The van der Waals surface area contributed by atoms with E-state index >= 15 is 0 Å². The smallest absolute Gasteiger partial charge is 0.121 e. The van der Waals surface area contributed by atoms with Gasteiger partial charge in [-0.2, -0.15) is 0 Å². The number of hydrogen-bond donors (Lipinski definition) is 1. The number of nitrogens with one attached hydrogen (secondary N) is 1. The molecule has 5 heteroatoms. The Balaban J connectivity index is 2.13. The molecule has 0 aliphatic carbocycles. The van der Waals surface area contributed by atoms with Crippen LogP contribution in [0, 0.1) is 0 Å². The Morgan fingerprint density at radius 1 is 1.07 bits per heavy atom. The van der Waals surface area contributed by atoms with E-state index in [1.165, 1.54) is 0 Å². The van der Waals surface area contributed by atoms with E-state index in [1.807, 2.05) is 30.3 Å². The first-order valence-corrected chi connectivity index (χ1v) is 10.1. The lowest BCUT2D eigenvalue weighted by Gasteiger charge is -2.31. The van der Waals surface area contributed by atoms with Gasteiger partial charge in [0.1, 0.15) is 5.75 Å². The van der Waals surface area contributed by atoms with Gasteiger partial charge in [0.25, 0.3) is 0 Å². The van der Waals surface area contributed by atoms with Crippen molar-refractivity contribution in [3.05, 3.63) is 41.4 Å². The van der Waals surface area contributed by atoms with E-state index in [4.69, 9.17) is 21.3 Å². The fourth-order valence-electron chi connectivity index (χ4n) is 3.59. The highest BCUT2D eigenvalue weighted by Crippen LogP contribution is 2.32. The Bertz CT molecular complexity index is 924. The van der Waals surface area contributed by atoms with Gasteiger partial charge in [0.05, 0.1) is 30.0 Å². The molecule has 2 aromatic carbocycles. The maximum absolute atomic E-state index is 6.16. The molecule has 1 heterocycles. The van der Waals surface area contributed by atoms with Gasteiger partial charge < -0.3 is 10.1 Å². The maximum atomic E-state index is 6.16. The Morgan fingerprint density at radius 2 is 1.85 bits per heavy atom. The van der Waals surface area contributed by atoms with Crippen molar-refractivity contribution in [2.45, 2.75) is 39.8 Å². The van der Waals surface area contributed by atoms with Crippen molar-refractivity contribution in [1.82, 2.24) is 9.88 Å². The number of halogens is 1. The van der Waals surface area contributed by atoms with Gasteiger partial charge in [-0.1, -0.05) is 38.8 Å². The minimum absolute atomic E-state index is 0.267. The Hall–Kier alpha value is -2.04. The number of benzene rings is 2. The fourth-order valence-corrected chi connectivity index (χ4v) is 3.77. The molecule has 0 aliphatic rings. The normalized spacial score (nSPS) is 12.7. The first kappa shape index (κ1) is 19.7. The zero-order valence-electron chi connectivity index (χ0n) is 16.6. The average Bonchev–Trinajstić information content (AvgIpc) is 2.67. The summed E-state index contributed by atoms with van der Waals surface area (Å²) in [4.78, 5) is 7.36. The summed E-state index contributed by atoms with van der Waals surface area (Å²) in [5.74, 6) is 0.822. The molecule has 0 saturated carbocycles. The number of ether oxygens (including phenoxy) is 1. The van der Waals surface area contributed by atoms with E-state index < -0.39 is 0 Å². The molecule has 4 nitrogen and oxygen atoms in total. The van der Waals surface area contributed by atoms with E-state index in [0.717, 1.165) is 64.2 Å². The number of hydrogen-bond acceptors (Lipinski definition) is 4. The molecule has 0 aliphatic heterocycles. The molecule has 1 N–H and O–H groups in total. The van der Waals surface area contributed by atoms with E-state index in [-0.39, 0.29) is 6.17 Å². The van der Waals surface area contributed by atoms with Gasteiger partial charge >= 0.3 is 0 Å². The third-order valence-electron chi connectivity index (χ3n) is 5.02. The molecule has 0 spiro atoms. The molecule has 144 valence electrons. The quantitative estimate of drug-likeness (QED) is 0.385. The summed E-state index contributed by atoms with van der Waals surface area (Å²) in [6, 6.07) is 12.0. The summed E-state index contributed by atoms with van der Waals surface area (Å²) in [6.07, 6.45) is 2.46. The number of aromatic nitrogens is 1. The van der Waals surface area contributed by atoms with Crippen LogP contribution in [0.25, 0.3) is 21.8 Å². The number of methoxy groups -OCH3 is 1. The highest BCUT2D eigenvalue weighted by Gasteiger charge is 2.17. The fraction of sp³-hybridized carbons (Fsp3) is 0.409. The third-order valence-corrected chi connectivity index (χ3v) is 5.25. The summed E-state index contributed by atoms with van der Waals surface area (Å²) in [6.45, 7) is 8.63. The van der Waals surface area contributed by atoms with Crippen molar-refractivity contribution < 1.29 is 4.74 Å². The van der Waals surface area contributed by atoms with Crippen LogP contribution in [0.5, 0.6) is 5.75 Å². The minimum Gasteiger partial charge on any atom is -0.497 e. The van der Waals surface area contributed by atoms with Crippen LogP contribution in [0.3, 0.4) is 0 Å². The zero-order chi connectivity index (χ0) is 19.4. The predicted octanol–water partition coefficient (Wildman–Crippen LogP) is 5.93. The van der Waals surface area contributed by atoms with E-state index in [1.54, 1.807) is 7.11 Å². The van der Waals surface area contributed by atoms with Crippen LogP contribution in [-0.4, -0.2) is 36.2 Å². The molecule has 1 unspecified atom stereocenters. The standard InChI is InChI=1S/C22H28ClN3O/c1-5-8-21(26(6-2)7-3)24-20-14-18(27-4)13-16-11-15-12-17(23)9-10-19(15)25-22(16)20/h9-14,21,24H,5-8H2,1-4H3. The van der Waals surface area contributed by atoms with Crippen LogP contribution in [-0.2, 0) is 0 Å². The van der Waals surface area contributed by atoms with Gasteiger partial charge in [0.15, 0.2) is 0 Å². The molecule has 27 heavy (non-hydrogen) atoms. The number of pyridine rings is 1. The molecule has 3 rings (SSSR count). The van der Waals surface area contributed by atoms with Gasteiger partial charge in [-0.05, 0) is 49.8 Å². The van der Waals surface area contributed by atoms with Crippen LogP contribution in [0.4, 0.5) is 5.69 Å². The van der Waals surface area contributed by atoms with Crippen molar-refractivity contribution in [2.75, 3.05) is 25.5 Å². The molecule has 0 radical (unpaired) electrons. The van der Waals surface area contributed by atoms with Crippen LogP contribution in [0.1, 0.15) is 33.6 Å². The molecular weight excluding hydrogens is 358 g/mol. The second kappa shape index (κ2) is 8.77. The van der Waals surface area contributed by atoms with Crippen LogP contribution >= 0.6 is 11.6 Å². The lowest BCUT2D eigenvalue weighted by atomic mass is 10.1. The van der Waals surface area contributed by atoms with Gasteiger partial charge in [0, 0.05) is 21.9 Å². The first-order valence-electron chi connectivity index (χ1n) is 9.68. The second-order valence-electron chi connectivity index (χ2n) is 6.74. The van der Waals surface area contributed by atoms with Crippen molar-refractivity contribution in [3.63, 3.8) is 0 Å². The molecule has 0 amide bonds. The van der Waals surface area contributed by atoms with Crippen LogP contribution < -0.4 is 10.1 Å². The highest BCUT2D eigenvalue weighted by atomic mass is 35.5. The largest absolute Gasteiger partial charge is 0.497 e. The van der Waals surface area contributed by atoms with Gasteiger partial charge in [-0.25, -0.2) is 4.98 Å². The Morgan fingerprint density at radius 3 is 2.52 bits per heavy atom. The maximum Gasteiger partial charge on any atom is 0.121 e. The molecule has 0 saturated heterocycles. The molecule has 1 atom stereocenters. The average molecular weight is 386 g/mol. The number of rotatable bonds is 8. The monoisotopic (exact) mass is 385 g/mol. The van der Waals surface area contributed by atoms with Gasteiger partial charge in [0.2, 0.25) is 0 Å². The summed E-state index contributed by atoms with van der Waals surface area (Å²) < 4.78 is 5.55. The Kier molecular flexibility index (Phi) is 6.40. The SMILES string of the molecule is CCCC(Nc1cc(OC)cc2cc3cc(Cl)ccc3nc12)N(CC)CC. The highest BCUT2D eigenvalue weighted by molar-refractivity contribution is 6.31.